The molecule has 5 heteroatoms. The Morgan fingerprint density at radius 2 is 2.30 bits per heavy atom. The fourth-order valence-corrected chi connectivity index (χ4v) is 2.76. The second-order valence-corrected chi connectivity index (χ2v) is 5.64. The first-order valence-electron chi connectivity index (χ1n) is 7.13. The second kappa shape index (κ2) is 6.95. The number of carbonyl (C=O) groups is 1. The minimum Gasteiger partial charge on any atom is -0.385 e. The van der Waals surface area contributed by atoms with Crippen LogP contribution in [-0.2, 0) is 0 Å². The van der Waals surface area contributed by atoms with Gasteiger partial charge in [-0.3, -0.25) is 4.79 Å². The first-order valence-corrected chi connectivity index (χ1v) is 7.51. The van der Waals surface area contributed by atoms with Gasteiger partial charge in [0.25, 0.3) is 5.91 Å². The number of nitrogens with zero attached hydrogens (tertiary/aromatic N) is 1. The molecule has 0 aromatic heterocycles. The molecule has 0 aliphatic carbocycles. The lowest BCUT2D eigenvalue weighted by Gasteiger charge is -2.20. The molecule has 1 aromatic rings. The van der Waals surface area contributed by atoms with Crippen LogP contribution in [0, 0.1) is 0 Å². The zero-order chi connectivity index (χ0) is 14.5. The molecule has 1 fully saturated rings. The number of halogens is 1. The molecule has 20 heavy (non-hydrogen) atoms. The number of nitrogens with one attached hydrogen (secondary N) is 2. The number of hydrogen-bond acceptors (Lipinski definition) is 3. The molecule has 110 valence electrons. The van der Waals surface area contributed by atoms with Crippen LogP contribution in [0.15, 0.2) is 18.2 Å². The van der Waals surface area contributed by atoms with Crippen LogP contribution in [0.5, 0.6) is 0 Å². The zero-order valence-corrected chi connectivity index (χ0v) is 12.8. The summed E-state index contributed by atoms with van der Waals surface area (Å²) in [5.74, 6) is -0.0660. The summed E-state index contributed by atoms with van der Waals surface area (Å²) in [7, 11) is 2.10. The third-order valence-electron chi connectivity index (χ3n) is 3.76. The Morgan fingerprint density at radius 1 is 1.50 bits per heavy atom. The van der Waals surface area contributed by atoms with Crippen LogP contribution in [0.1, 0.15) is 30.1 Å². The largest absolute Gasteiger partial charge is 0.385 e. The van der Waals surface area contributed by atoms with Crippen molar-refractivity contribution in [3.05, 3.63) is 28.8 Å². The molecule has 1 heterocycles. The van der Waals surface area contributed by atoms with Gasteiger partial charge in [-0.2, -0.15) is 0 Å². The van der Waals surface area contributed by atoms with E-state index in [0.717, 1.165) is 25.2 Å². The highest BCUT2D eigenvalue weighted by atomic mass is 35.5. The summed E-state index contributed by atoms with van der Waals surface area (Å²) in [6.45, 7) is 4.57. The minimum atomic E-state index is -0.0660. The Bertz CT molecular complexity index is 478. The summed E-state index contributed by atoms with van der Waals surface area (Å²) in [6, 6.07) is 5.80. The van der Waals surface area contributed by atoms with Crippen LogP contribution >= 0.6 is 11.6 Å². The third-order valence-corrected chi connectivity index (χ3v) is 4.00. The Hall–Kier alpha value is -1.26. The van der Waals surface area contributed by atoms with E-state index in [0.29, 0.717) is 23.2 Å². The van der Waals surface area contributed by atoms with Gasteiger partial charge in [0.2, 0.25) is 0 Å². The predicted molar refractivity (Wildman–Crippen MR) is 83.6 cm³/mol. The summed E-state index contributed by atoms with van der Waals surface area (Å²) < 4.78 is 0. The van der Waals surface area contributed by atoms with Crippen molar-refractivity contribution < 1.29 is 4.79 Å². The molecule has 0 bridgehead atoms. The maximum absolute atomic E-state index is 12.3. The Balaban J connectivity index is 2.02. The van der Waals surface area contributed by atoms with E-state index in [-0.39, 0.29) is 5.91 Å². The maximum Gasteiger partial charge on any atom is 0.253 e. The van der Waals surface area contributed by atoms with Gasteiger partial charge in [-0.15, -0.1) is 0 Å². The van der Waals surface area contributed by atoms with E-state index in [1.807, 2.05) is 13.0 Å². The van der Waals surface area contributed by atoms with Crippen LogP contribution in [0.2, 0.25) is 5.02 Å². The molecule has 0 radical (unpaired) electrons. The Kier molecular flexibility index (Phi) is 5.26. The average molecular weight is 296 g/mol. The topological polar surface area (TPSA) is 44.4 Å². The number of benzene rings is 1. The van der Waals surface area contributed by atoms with Crippen LogP contribution in [0.3, 0.4) is 0 Å². The maximum atomic E-state index is 12.3. The lowest BCUT2D eigenvalue weighted by Crippen LogP contribution is -2.38. The quantitative estimate of drug-likeness (QED) is 0.877. The van der Waals surface area contributed by atoms with E-state index in [4.69, 9.17) is 11.6 Å². The molecule has 1 amide bonds. The monoisotopic (exact) mass is 295 g/mol. The second-order valence-electron chi connectivity index (χ2n) is 5.21. The van der Waals surface area contributed by atoms with Crippen molar-refractivity contribution >= 4 is 23.2 Å². The van der Waals surface area contributed by atoms with Gasteiger partial charge in [0, 0.05) is 29.8 Å². The van der Waals surface area contributed by atoms with Crippen molar-refractivity contribution in [1.82, 2.24) is 10.2 Å². The van der Waals surface area contributed by atoms with Gasteiger partial charge in [0.15, 0.2) is 0 Å². The van der Waals surface area contributed by atoms with Gasteiger partial charge >= 0.3 is 0 Å². The van der Waals surface area contributed by atoms with Crippen molar-refractivity contribution in [2.24, 2.45) is 0 Å². The number of likely N-dealkylation sites (N-methyl/N-ethyl adjacent to an activating group) is 1. The van der Waals surface area contributed by atoms with E-state index in [1.54, 1.807) is 12.1 Å². The van der Waals surface area contributed by atoms with Gasteiger partial charge < -0.3 is 15.5 Å². The van der Waals surface area contributed by atoms with E-state index in [1.165, 1.54) is 6.42 Å². The van der Waals surface area contributed by atoms with Crippen molar-refractivity contribution in [3.8, 4) is 0 Å². The van der Waals surface area contributed by atoms with Crippen molar-refractivity contribution in [2.45, 2.75) is 25.8 Å². The van der Waals surface area contributed by atoms with Crippen LogP contribution < -0.4 is 10.6 Å². The fourth-order valence-electron chi connectivity index (χ4n) is 2.59. The molecule has 1 unspecified atom stereocenters. The number of hydrogen-bond donors (Lipinski definition) is 2. The van der Waals surface area contributed by atoms with E-state index >= 15 is 0 Å². The van der Waals surface area contributed by atoms with Crippen LogP contribution in [0.25, 0.3) is 0 Å². The van der Waals surface area contributed by atoms with Crippen LogP contribution in [0.4, 0.5) is 5.69 Å². The highest BCUT2D eigenvalue weighted by Gasteiger charge is 2.21. The van der Waals surface area contributed by atoms with Gasteiger partial charge in [-0.05, 0) is 51.6 Å². The highest BCUT2D eigenvalue weighted by molar-refractivity contribution is 6.31. The molecule has 0 saturated carbocycles. The first kappa shape index (κ1) is 15.1. The lowest BCUT2D eigenvalue weighted by molar-refractivity contribution is 0.0944. The number of carbonyl (C=O) groups excluding carboxylic acids is 1. The minimum absolute atomic E-state index is 0.0660. The van der Waals surface area contributed by atoms with E-state index < -0.39 is 0 Å². The molecule has 2 N–H and O–H groups in total. The molecule has 1 aromatic carbocycles. The van der Waals surface area contributed by atoms with E-state index in [9.17, 15) is 4.79 Å². The molecular formula is C15H22ClN3O. The lowest BCUT2D eigenvalue weighted by atomic mass is 10.1. The third kappa shape index (κ3) is 3.64. The number of likely N-dealkylation sites (tertiary alicyclic amines) is 1. The summed E-state index contributed by atoms with van der Waals surface area (Å²) in [4.78, 5) is 14.6. The average Bonchev–Trinajstić information content (AvgIpc) is 2.84. The summed E-state index contributed by atoms with van der Waals surface area (Å²) in [5, 5.41) is 6.79. The fraction of sp³-hybridized carbons (Fsp3) is 0.533. The first-order chi connectivity index (χ1) is 9.61. The van der Waals surface area contributed by atoms with Crippen molar-refractivity contribution in [3.63, 3.8) is 0 Å². The molecule has 2 rings (SSSR count). The number of anilines is 1. The standard InChI is InChI=1S/C15H22ClN3O/c1-3-17-14-7-6-11(16)9-13(14)15(20)18-10-12-5-4-8-19(12)2/h6-7,9,12,17H,3-5,8,10H2,1-2H3,(H,18,20). The molecule has 4 nitrogen and oxygen atoms in total. The van der Waals surface area contributed by atoms with Gasteiger partial charge in [-0.25, -0.2) is 0 Å². The summed E-state index contributed by atoms with van der Waals surface area (Å²) in [6.07, 6.45) is 2.35. The smallest absolute Gasteiger partial charge is 0.253 e. The Labute approximate surface area is 125 Å². The van der Waals surface area contributed by atoms with Gasteiger partial charge in [0.05, 0.1) is 5.56 Å². The van der Waals surface area contributed by atoms with Gasteiger partial charge in [-0.1, -0.05) is 11.6 Å². The SMILES string of the molecule is CCNc1ccc(Cl)cc1C(=O)NCC1CCCN1C. The number of rotatable bonds is 5. The molecule has 1 aliphatic heterocycles. The van der Waals surface area contributed by atoms with E-state index in [2.05, 4.69) is 22.6 Å². The van der Waals surface area contributed by atoms with Crippen molar-refractivity contribution in [1.29, 1.82) is 0 Å². The summed E-state index contributed by atoms with van der Waals surface area (Å²) >= 11 is 6.00. The predicted octanol–water partition coefficient (Wildman–Crippen LogP) is 2.60. The van der Waals surface area contributed by atoms with Crippen molar-refractivity contribution in [2.75, 3.05) is 32.0 Å². The molecule has 0 spiro atoms. The zero-order valence-electron chi connectivity index (χ0n) is 12.1. The molecular weight excluding hydrogens is 274 g/mol. The molecule has 1 atom stereocenters. The van der Waals surface area contributed by atoms with Gasteiger partial charge in [0.1, 0.15) is 0 Å². The Morgan fingerprint density at radius 3 is 2.95 bits per heavy atom. The summed E-state index contributed by atoms with van der Waals surface area (Å²) in [5.41, 5.74) is 1.44. The highest BCUT2D eigenvalue weighted by Crippen LogP contribution is 2.21. The number of amides is 1. The van der Waals surface area contributed by atoms with Crippen LogP contribution in [-0.4, -0.2) is 43.5 Å². The molecule has 1 saturated heterocycles. The normalized spacial score (nSPS) is 19.1. The molecule has 1 aliphatic rings.